The third kappa shape index (κ3) is 4.35. The maximum atomic E-state index is 9.65. The normalized spacial score (nSPS) is 8.17. The van der Waals surface area contributed by atoms with Gasteiger partial charge in [-0.05, 0) is 0 Å². The summed E-state index contributed by atoms with van der Waals surface area (Å²) in [5, 5.41) is 9.65. The van der Waals surface area contributed by atoms with Gasteiger partial charge in [0.25, 0.3) is 0 Å². The molecule has 0 aromatic rings. The fourth-order valence-electron chi connectivity index (χ4n) is 0.167. The molecule has 0 unspecified atom stereocenters. The van der Waals surface area contributed by atoms with E-state index in [0.29, 0.717) is 0 Å². The van der Waals surface area contributed by atoms with E-state index in [2.05, 4.69) is 15.6 Å². The predicted octanol–water partition coefficient (Wildman–Crippen LogP) is 0.168. The fraction of sp³-hybridized carbons (Fsp3) is 0.750. The first-order chi connectivity index (χ1) is 2.91. The van der Waals surface area contributed by atoms with E-state index in [1.54, 1.807) is 0 Å². The second-order valence-electron chi connectivity index (χ2n) is 1.01. The molecule has 0 N–H and O–H groups in total. The maximum absolute atomic E-state index is 9.65. The van der Waals surface area contributed by atoms with Crippen molar-refractivity contribution in [2.24, 2.45) is 0 Å². The van der Waals surface area contributed by atoms with E-state index in [4.69, 9.17) is 0 Å². The van der Waals surface area contributed by atoms with Gasteiger partial charge in [-0.2, -0.15) is 0 Å². The summed E-state index contributed by atoms with van der Waals surface area (Å²) in [5.74, 6) is 0. The van der Waals surface area contributed by atoms with Crippen LogP contribution in [-0.2, 0) is 5.11 Å². The average molecular weight is 150 g/mol. The molecule has 0 aromatic heterocycles. The molecule has 2 heteroatoms. The Morgan fingerprint density at radius 3 is 2.50 bits per heavy atom. The van der Waals surface area contributed by atoms with Crippen LogP contribution < -0.4 is 0 Å². The van der Waals surface area contributed by atoms with Crippen molar-refractivity contribution in [3.8, 4) is 0 Å². The van der Waals surface area contributed by atoms with E-state index in [9.17, 15) is 5.11 Å². The molecule has 0 aliphatic carbocycles. The van der Waals surface area contributed by atoms with Gasteiger partial charge in [0.05, 0.1) is 0 Å². The van der Waals surface area contributed by atoms with Crippen molar-refractivity contribution in [2.45, 2.75) is 12.8 Å². The summed E-state index contributed by atoms with van der Waals surface area (Å²) in [6, 6.07) is 0. The van der Waals surface area contributed by atoms with Crippen LogP contribution in [0.1, 0.15) is 12.8 Å². The van der Waals surface area contributed by atoms with Gasteiger partial charge < -0.3 is 0 Å². The Balaban J connectivity index is 2.49. The molecule has 0 aromatic carbocycles. The van der Waals surface area contributed by atoms with Crippen LogP contribution in [0.3, 0.4) is 0 Å². The Kier molecular flexibility index (Phi) is 5.66. The Bertz CT molecular complexity index is 36.5. The molecule has 35 valence electrons. The number of rotatable bonds is 3. The minimum absolute atomic E-state index is 0.0537. The summed E-state index contributed by atoms with van der Waals surface area (Å²) < 4.78 is 0. The molecular weight excluding hydrogens is 143 g/mol. The van der Waals surface area contributed by atoms with Crippen molar-refractivity contribution in [3.05, 3.63) is 0 Å². The summed E-state index contributed by atoms with van der Waals surface area (Å²) in [6.45, 7) is 0.0537. The minimum atomic E-state index is 0.0537. The molecule has 0 fully saturated rings. The Morgan fingerprint density at radius 1 is 1.67 bits per heavy atom. The summed E-state index contributed by atoms with van der Waals surface area (Å²) in [5.41, 5.74) is 0. The van der Waals surface area contributed by atoms with Gasteiger partial charge in [0.1, 0.15) is 0 Å². The third-order valence-electron chi connectivity index (χ3n) is 0.466. The molecule has 0 aliphatic heterocycles. The Hall–Kier alpha value is 0.349. The third-order valence-corrected chi connectivity index (χ3v) is 0.961. The van der Waals surface area contributed by atoms with Gasteiger partial charge in [-0.1, -0.05) is 0 Å². The van der Waals surface area contributed by atoms with E-state index in [1.165, 1.54) is 0 Å². The summed E-state index contributed by atoms with van der Waals surface area (Å²) in [4.78, 5) is 1.89. The second kappa shape index (κ2) is 5.35. The van der Waals surface area contributed by atoms with Crippen molar-refractivity contribution < 1.29 is 5.11 Å². The van der Waals surface area contributed by atoms with E-state index < -0.39 is 0 Å². The Labute approximate surface area is 45.7 Å². The van der Waals surface area contributed by atoms with Gasteiger partial charge in [-0.25, -0.2) is 0 Å². The molecular formula is C4H7OSe. The van der Waals surface area contributed by atoms with Crippen LogP contribution in [0.25, 0.3) is 0 Å². The molecule has 1 radical (unpaired) electrons. The number of hydrogen-bond donors (Lipinski definition) is 0. The van der Waals surface area contributed by atoms with Crippen molar-refractivity contribution in [1.82, 2.24) is 0 Å². The van der Waals surface area contributed by atoms with Crippen LogP contribution in [-0.4, -0.2) is 27.1 Å². The molecule has 0 bridgehead atoms. The zero-order valence-corrected chi connectivity index (χ0v) is 5.23. The van der Waals surface area contributed by atoms with Crippen LogP contribution in [0, 0.1) is 0 Å². The molecule has 0 amide bonds. The molecule has 0 rings (SSSR count). The van der Waals surface area contributed by atoms with Gasteiger partial charge in [0, 0.05) is 0 Å². The first kappa shape index (κ1) is 6.35. The van der Waals surface area contributed by atoms with E-state index in [-0.39, 0.29) is 6.61 Å². The SMILES string of the molecule is [O]CCCC=[Se]. The summed E-state index contributed by atoms with van der Waals surface area (Å²) >= 11 is 2.71. The molecule has 0 saturated carbocycles. The van der Waals surface area contributed by atoms with Crippen LogP contribution in [0.15, 0.2) is 0 Å². The molecule has 0 aliphatic rings. The first-order valence-corrected chi connectivity index (χ1v) is 2.92. The van der Waals surface area contributed by atoms with Crippen molar-refractivity contribution >= 4 is 20.5 Å². The van der Waals surface area contributed by atoms with E-state index in [1.807, 2.05) is 4.92 Å². The molecule has 0 heterocycles. The fourth-order valence-corrected chi connectivity index (χ4v) is 0.516. The summed E-state index contributed by atoms with van der Waals surface area (Å²) in [7, 11) is 0. The van der Waals surface area contributed by atoms with Gasteiger partial charge >= 0.3 is 45.1 Å². The average Bonchev–Trinajstić information content (AvgIpc) is 1.61. The Morgan fingerprint density at radius 2 is 2.33 bits per heavy atom. The second-order valence-corrected chi connectivity index (χ2v) is 1.71. The van der Waals surface area contributed by atoms with Crippen molar-refractivity contribution in [2.75, 3.05) is 6.61 Å². The van der Waals surface area contributed by atoms with Crippen LogP contribution in [0.4, 0.5) is 0 Å². The summed E-state index contributed by atoms with van der Waals surface area (Å²) in [6.07, 6.45) is 1.69. The van der Waals surface area contributed by atoms with E-state index in [0.717, 1.165) is 12.8 Å². The van der Waals surface area contributed by atoms with Crippen LogP contribution >= 0.6 is 0 Å². The quantitative estimate of drug-likeness (QED) is 0.403. The number of hydrogen-bond acceptors (Lipinski definition) is 0. The standard InChI is InChI=1S/C4H7OSe/c5-3-1-2-4-6/h4H,1-3H2. The first-order valence-electron chi connectivity index (χ1n) is 1.93. The zero-order valence-electron chi connectivity index (χ0n) is 3.52. The predicted molar refractivity (Wildman–Crippen MR) is 26.6 cm³/mol. The van der Waals surface area contributed by atoms with E-state index >= 15 is 0 Å². The van der Waals surface area contributed by atoms with Gasteiger partial charge in [-0.3, -0.25) is 0 Å². The van der Waals surface area contributed by atoms with Gasteiger partial charge in [-0.15, -0.1) is 0 Å². The van der Waals surface area contributed by atoms with Crippen molar-refractivity contribution in [3.63, 3.8) is 0 Å². The molecule has 0 atom stereocenters. The van der Waals surface area contributed by atoms with Crippen molar-refractivity contribution in [1.29, 1.82) is 0 Å². The molecule has 0 saturated heterocycles. The van der Waals surface area contributed by atoms with Gasteiger partial charge in [0.15, 0.2) is 0 Å². The van der Waals surface area contributed by atoms with Crippen LogP contribution in [0.2, 0.25) is 0 Å². The monoisotopic (exact) mass is 151 g/mol. The number of unbranched alkanes of at least 4 members (excludes halogenated alkanes) is 1. The molecule has 0 spiro atoms. The molecule has 1 nitrogen and oxygen atoms in total. The topological polar surface area (TPSA) is 19.9 Å². The van der Waals surface area contributed by atoms with Crippen LogP contribution in [0.5, 0.6) is 0 Å². The zero-order chi connectivity index (χ0) is 4.83. The molecule has 6 heavy (non-hydrogen) atoms. The van der Waals surface area contributed by atoms with Gasteiger partial charge in [0.2, 0.25) is 0 Å².